The van der Waals surface area contributed by atoms with E-state index in [1.54, 1.807) is 32.9 Å². The van der Waals surface area contributed by atoms with Gasteiger partial charge >= 0.3 is 5.69 Å². The van der Waals surface area contributed by atoms with E-state index in [4.69, 9.17) is 4.74 Å². The fraction of sp³-hybridized carbons (Fsp3) is 0.462. The van der Waals surface area contributed by atoms with E-state index in [9.17, 15) is 14.9 Å². The van der Waals surface area contributed by atoms with Crippen molar-refractivity contribution in [2.45, 2.75) is 33.3 Å². The Balaban J connectivity index is 2.25. The van der Waals surface area contributed by atoms with Crippen molar-refractivity contribution < 1.29 is 14.5 Å². The van der Waals surface area contributed by atoms with Crippen LogP contribution in [0.5, 0.6) is 5.75 Å². The molecule has 0 amide bonds. The maximum atomic E-state index is 11.4. The molecule has 1 fully saturated rings. The van der Waals surface area contributed by atoms with Gasteiger partial charge in [0.25, 0.3) is 0 Å². The second-order valence-electron chi connectivity index (χ2n) is 5.18. The van der Waals surface area contributed by atoms with Gasteiger partial charge in [0.15, 0.2) is 5.75 Å². The van der Waals surface area contributed by atoms with Crippen molar-refractivity contribution in [3.05, 3.63) is 33.9 Å². The molecular weight excluding hydrogens is 234 g/mol. The fourth-order valence-electron chi connectivity index (χ4n) is 1.95. The van der Waals surface area contributed by atoms with Crippen LogP contribution in [0.3, 0.4) is 0 Å². The molecule has 18 heavy (non-hydrogen) atoms. The van der Waals surface area contributed by atoms with Crippen LogP contribution in [0.1, 0.15) is 25.8 Å². The Morgan fingerprint density at radius 2 is 2.11 bits per heavy atom. The van der Waals surface area contributed by atoms with Gasteiger partial charge in [0.1, 0.15) is 11.9 Å². The lowest BCUT2D eigenvalue weighted by Crippen LogP contribution is -2.53. The van der Waals surface area contributed by atoms with Crippen LogP contribution in [-0.4, -0.2) is 16.8 Å². The highest BCUT2D eigenvalue weighted by Crippen LogP contribution is 2.41. The molecule has 1 atom stereocenters. The average molecular weight is 249 g/mol. The van der Waals surface area contributed by atoms with Gasteiger partial charge in [0.2, 0.25) is 0 Å². The molecule has 0 aromatic heterocycles. The number of rotatable bonds is 3. The van der Waals surface area contributed by atoms with Gasteiger partial charge in [-0.25, -0.2) is 0 Å². The number of carbonyl (C=O) groups excluding carboxylic acids is 1. The first-order valence-electron chi connectivity index (χ1n) is 5.77. The van der Waals surface area contributed by atoms with E-state index >= 15 is 0 Å². The smallest absolute Gasteiger partial charge is 0.311 e. The Bertz CT molecular complexity index is 522. The third kappa shape index (κ3) is 1.96. The van der Waals surface area contributed by atoms with Gasteiger partial charge in [-0.2, -0.15) is 0 Å². The molecule has 1 aromatic carbocycles. The Hall–Kier alpha value is -1.91. The molecule has 1 unspecified atom stereocenters. The summed E-state index contributed by atoms with van der Waals surface area (Å²) in [5.41, 5.74) is 0.196. The van der Waals surface area contributed by atoms with Crippen molar-refractivity contribution in [2.75, 3.05) is 0 Å². The highest BCUT2D eigenvalue weighted by molar-refractivity contribution is 5.91. The lowest BCUT2D eigenvalue weighted by molar-refractivity contribution is -0.386. The molecule has 5 nitrogen and oxygen atoms in total. The number of hydrogen-bond acceptors (Lipinski definition) is 4. The molecule has 0 bridgehead atoms. The van der Waals surface area contributed by atoms with Crippen molar-refractivity contribution in [2.24, 2.45) is 5.41 Å². The highest BCUT2D eigenvalue weighted by atomic mass is 16.6. The second-order valence-corrected chi connectivity index (χ2v) is 5.18. The van der Waals surface area contributed by atoms with E-state index in [1.165, 1.54) is 6.07 Å². The largest absolute Gasteiger partial charge is 0.482 e. The van der Waals surface area contributed by atoms with Crippen LogP contribution in [0.25, 0.3) is 0 Å². The molecule has 0 heterocycles. The van der Waals surface area contributed by atoms with Gasteiger partial charge in [-0.3, -0.25) is 14.9 Å². The van der Waals surface area contributed by atoms with Crippen LogP contribution in [0.15, 0.2) is 18.2 Å². The zero-order valence-corrected chi connectivity index (χ0v) is 10.6. The number of ketones is 1. The van der Waals surface area contributed by atoms with Crippen LogP contribution < -0.4 is 4.74 Å². The van der Waals surface area contributed by atoms with Crippen LogP contribution in [-0.2, 0) is 4.79 Å². The standard InChI is InChI=1S/C13H15NO4/c1-8-4-5-10(9(6-8)14(16)17)18-12-7-11(15)13(12,2)3/h4-6,12H,7H2,1-3H3. The normalized spacial score (nSPS) is 21.3. The van der Waals surface area contributed by atoms with Crippen LogP contribution in [0, 0.1) is 22.5 Å². The van der Waals surface area contributed by atoms with E-state index in [2.05, 4.69) is 0 Å². The first kappa shape index (κ1) is 12.5. The van der Waals surface area contributed by atoms with Gasteiger partial charge in [-0.1, -0.05) is 6.07 Å². The number of nitro benzene ring substituents is 1. The third-order valence-electron chi connectivity index (χ3n) is 3.47. The lowest BCUT2D eigenvalue weighted by Gasteiger charge is -2.41. The molecule has 1 aliphatic carbocycles. The summed E-state index contributed by atoms with van der Waals surface area (Å²) in [5, 5.41) is 10.9. The van der Waals surface area contributed by atoms with Crippen LogP contribution >= 0.6 is 0 Å². The van der Waals surface area contributed by atoms with Gasteiger partial charge in [-0.15, -0.1) is 0 Å². The molecule has 0 spiro atoms. The van der Waals surface area contributed by atoms with Gasteiger partial charge in [0, 0.05) is 12.5 Å². The summed E-state index contributed by atoms with van der Waals surface area (Å²) in [6, 6.07) is 4.82. The van der Waals surface area contributed by atoms with Gasteiger partial charge < -0.3 is 4.74 Å². The molecular formula is C13H15NO4. The van der Waals surface area contributed by atoms with Crippen molar-refractivity contribution in [1.29, 1.82) is 0 Å². The molecule has 0 N–H and O–H groups in total. The summed E-state index contributed by atoms with van der Waals surface area (Å²) in [6.45, 7) is 5.38. The van der Waals surface area contributed by atoms with Gasteiger partial charge in [0.05, 0.1) is 10.3 Å². The van der Waals surface area contributed by atoms with Crippen molar-refractivity contribution >= 4 is 11.5 Å². The van der Waals surface area contributed by atoms with Gasteiger partial charge in [-0.05, 0) is 32.4 Å². The Morgan fingerprint density at radius 1 is 1.44 bits per heavy atom. The Kier molecular flexibility index (Phi) is 2.84. The third-order valence-corrected chi connectivity index (χ3v) is 3.47. The van der Waals surface area contributed by atoms with Crippen LogP contribution in [0.4, 0.5) is 5.69 Å². The van der Waals surface area contributed by atoms with Crippen molar-refractivity contribution in [3.8, 4) is 5.75 Å². The molecule has 0 saturated heterocycles. The second kappa shape index (κ2) is 4.08. The van der Waals surface area contributed by atoms with E-state index in [0.29, 0.717) is 6.42 Å². The predicted molar refractivity (Wildman–Crippen MR) is 65.7 cm³/mol. The summed E-state index contributed by atoms with van der Waals surface area (Å²) in [6.07, 6.45) is 0.0318. The summed E-state index contributed by atoms with van der Waals surface area (Å²) in [4.78, 5) is 21.9. The molecule has 0 aliphatic heterocycles. The number of hydrogen-bond donors (Lipinski definition) is 0. The molecule has 1 aromatic rings. The number of aryl methyl sites for hydroxylation is 1. The minimum Gasteiger partial charge on any atom is -0.482 e. The number of nitrogens with zero attached hydrogens (tertiary/aromatic N) is 1. The number of benzene rings is 1. The number of Topliss-reactive ketones (excluding diaryl/α,β-unsaturated/α-hetero) is 1. The molecule has 1 aliphatic rings. The summed E-state index contributed by atoms with van der Waals surface area (Å²) >= 11 is 0. The summed E-state index contributed by atoms with van der Waals surface area (Å²) in [7, 11) is 0. The molecule has 2 rings (SSSR count). The maximum absolute atomic E-state index is 11.4. The Labute approximate surface area is 105 Å². The van der Waals surface area contributed by atoms with Crippen molar-refractivity contribution in [1.82, 2.24) is 0 Å². The van der Waals surface area contributed by atoms with Crippen molar-refractivity contribution in [3.63, 3.8) is 0 Å². The minimum absolute atomic E-state index is 0.0508. The predicted octanol–water partition coefficient (Wildman–Crippen LogP) is 2.65. The molecule has 1 saturated carbocycles. The number of carbonyl (C=O) groups is 1. The van der Waals surface area contributed by atoms with E-state index in [-0.39, 0.29) is 23.3 Å². The minimum atomic E-state index is -0.557. The quantitative estimate of drug-likeness (QED) is 0.610. The first-order valence-corrected chi connectivity index (χ1v) is 5.77. The lowest BCUT2D eigenvalue weighted by atomic mass is 9.68. The SMILES string of the molecule is Cc1ccc(OC2CC(=O)C2(C)C)c([N+](=O)[O-])c1. The monoisotopic (exact) mass is 249 g/mol. The zero-order valence-electron chi connectivity index (χ0n) is 10.6. The van der Waals surface area contributed by atoms with E-state index in [1.807, 2.05) is 0 Å². The maximum Gasteiger partial charge on any atom is 0.311 e. The zero-order chi connectivity index (χ0) is 13.5. The average Bonchev–Trinajstić information content (AvgIpc) is 2.30. The Morgan fingerprint density at radius 3 is 2.61 bits per heavy atom. The summed E-state index contributed by atoms with van der Waals surface area (Å²) < 4.78 is 5.62. The molecule has 5 heteroatoms. The summed E-state index contributed by atoms with van der Waals surface area (Å²) in [5.74, 6) is 0.360. The van der Waals surface area contributed by atoms with E-state index in [0.717, 1.165) is 5.56 Å². The number of ether oxygens (including phenoxy) is 1. The topological polar surface area (TPSA) is 69.4 Å². The number of nitro groups is 1. The van der Waals surface area contributed by atoms with Crippen LogP contribution in [0.2, 0.25) is 0 Å². The molecule has 96 valence electrons. The first-order chi connectivity index (χ1) is 8.32. The highest BCUT2D eigenvalue weighted by Gasteiger charge is 2.49. The van der Waals surface area contributed by atoms with E-state index < -0.39 is 10.3 Å². The fourth-order valence-corrected chi connectivity index (χ4v) is 1.95. The molecule has 0 radical (unpaired) electrons.